The number of likely N-dealkylation sites (N-methyl/N-ethyl adjacent to an activating group) is 2. The molecule has 0 aromatic rings. The first-order valence-electron chi connectivity index (χ1n) is 9.17. The third kappa shape index (κ3) is 5.88. The van der Waals surface area contributed by atoms with Crippen molar-refractivity contribution in [3.05, 3.63) is 0 Å². The molecule has 0 bridgehead atoms. The highest BCUT2D eigenvalue weighted by Gasteiger charge is 2.34. The Labute approximate surface area is 133 Å². The zero-order valence-electron chi connectivity index (χ0n) is 15.4. The van der Waals surface area contributed by atoms with Crippen molar-refractivity contribution >= 4 is 0 Å². The number of hydrogen-bond acceptors (Lipinski definition) is 3. The van der Waals surface area contributed by atoms with Crippen molar-refractivity contribution in [2.45, 2.75) is 77.9 Å². The Balaban J connectivity index is 2.76. The van der Waals surface area contributed by atoms with Gasteiger partial charge >= 0.3 is 0 Å². The summed E-state index contributed by atoms with van der Waals surface area (Å²) in [6.45, 7) is 12.8. The van der Waals surface area contributed by atoms with Crippen molar-refractivity contribution in [2.75, 3.05) is 33.7 Å². The number of rotatable bonds is 9. The summed E-state index contributed by atoms with van der Waals surface area (Å²) in [5.74, 6) is 0.926. The fourth-order valence-corrected chi connectivity index (χ4v) is 4.04. The molecule has 3 heteroatoms. The van der Waals surface area contributed by atoms with Gasteiger partial charge in [-0.1, -0.05) is 27.2 Å². The van der Waals surface area contributed by atoms with E-state index in [0.29, 0.717) is 12.1 Å². The second-order valence-electron chi connectivity index (χ2n) is 7.16. The summed E-state index contributed by atoms with van der Waals surface area (Å²) in [6.07, 6.45) is 6.72. The van der Waals surface area contributed by atoms with E-state index in [4.69, 9.17) is 0 Å². The minimum atomic E-state index is 0.636. The molecule has 0 saturated heterocycles. The van der Waals surface area contributed by atoms with Crippen LogP contribution in [0, 0.1) is 5.92 Å². The summed E-state index contributed by atoms with van der Waals surface area (Å²) in [6, 6.07) is 2.05. The maximum Gasteiger partial charge on any atom is 0.0255 e. The van der Waals surface area contributed by atoms with Crippen LogP contribution in [0.25, 0.3) is 0 Å². The van der Waals surface area contributed by atoms with E-state index in [0.717, 1.165) is 25.0 Å². The van der Waals surface area contributed by atoms with E-state index >= 15 is 0 Å². The van der Waals surface area contributed by atoms with Gasteiger partial charge in [0.2, 0.25) is 0 Å². The van der Waals surface area contributed by atoms with Crippen LogP contribution in [-0.4, -0.2) is 61.7 Å². The van der Waals surface area contributed by atoms with Gasteiger partial charge in [-0.15, -0.1) is 0 Å². The first-order chi connectivity index (χ1) is 10.0. The van der Waals surface area contributed by atoms with Gasteiger partial charge in [-0.2, -0.15) is 0 Å². The summed E-state index contributed by atoms with van der Waals surface area (Å²) in [7, 11) is 4.37. The van der Waals surface area contributed by atoms with Crippen LogP contribution >= 0.6 is 0 Å². The van der Waals surface area contributed by atoms with E-state index in [1.54, 1.807) is 0 Å². The van der Waals surface area contributed by atoms with E-state index in [9.17, 15) is 0 Å². The first kappa shape index (κ1) is 18.9. The molecule has 1 aliphatic rings. The molecule has 4 unspecified atom stereocenters. The predicted molar refractivity (Wildman–Crippen MR) is 93.9 cm³/mol. The van der Waals surface area contributed by atoms with Crippen molar-refractivity contribution in [3.63, 3.8) is 0 Å². The third-order valence-electron chi connectivity index (χ3n) is 5.15. The summed E-state index contributed by atoms with van der Waals surface area (Å²) in [5.41, 5.74) is 0. The van der Waals surface area contributed by atoms with Crippen molar-refractivity contribution in [1.29, 1.82) is 0 Å². The van der Waals surface area contributed by atoms with Gasteiger partial charge in [0.15, 0.2) is 0 Å². The number of hydrogen-bond donors (Lipinski definition) is 1. The first-order valence-corrected chi connectivity index (χ1v) is 9.17. The Morgan fingerprint density at radius 2 is 1.86 bits per heavy atom. The Bertz CT molecular complexity index is 267. The summed E-state index contributed by atoms with van der Waals surface area (Å²) < 4.78 is 0. The molecule has 1 aliphatic carbocycles. The molecule has 0 aliphatic heterocycles. The third-order valence-corrected chi connectivity index (χ3v) is 5.15. The lowest BCUT2D eigenvalue weighted by molar-refractivity contribution is 0.0592. The van der Waals surface area contributed by atoms with Crippen LogP contribution in [0.5, 0.6) is 0 Å². The van der Waals surface area contributed by atoms with Crippen molar-refractivity contribution in [2.24, 2.45) is 5.92 Å². The molecule has 0 aromatic carbocycles. The van der Waals surface area contributed by atoms with Crippen LogP contribution < -0.4 is 5.32 Å². The minimum Gasteiger partial charge on any atom is -0.312 e. The molecular weight excluding hydrogens is 258 g/mol. The molecule has 1 saturated carbocycles. The SMILES string of the molecule is CCCNC1CCC(CC)CC1N(CC)C(C)CN(C)C. The zero-order chi connectivity index (χ0) is 15.8. The molecule has 1 fully saturated rings. The van der Waals surface area contributed by atoms with Crippen LogP contribution in [0.15, 0.2) is 0 Å². The van der Waals surface area contributed by atoms with Crippen molar-refractivity contribution in [1.82, 2.24) is 15.1 Å². The predicted octanol–water partition coefficient (Wildman–Crippen LogP) is 3.21. The number of nitrogens with one attached hydrogen (secondary N) is 1. The molecule has 126 valence electrons. The number of nitrogens with zero attached hydrogens (tertiary/aromatic N) is 2. The van der Waals surface area contributed by atoms with Crippen molar-refractivity contribution in [3.8, 4) is 0 Å². The van der Waals surface area contributed by atoms with Gasteiger partial charge < -0.3 is 10.2 Å². The normalized spacial score (nSPS) is 28.3. The largest absolute Gasteiger partial charge is 0.312 e. The van der Waals surface area contributed by atoms with E-state index in [1.165, 1.54) is 38.6 Å². The molecule has 21 heavy (non-hydrogen) atoms. The maximum atomic E-state index is 3.83. The molecule has 0 aromatic heterocycles. The van der Waals surface area contributed by atoms with Crippen LogP contribution in [-0.2, 0) is 0 Å². The standard InChI is InChI=1S/C18H39N3/c1-7-12-19-17-11-10-16(8-2)13-18(17)21(9-3)15(4)14-20(5)6/h15-19H,7-14H2,1-6H3. The fourth-order valence-electron chi connectivity index (χ4n) is 4.04. The Hall–Kier alpha value is -0.120. The molecule has 4 atom stereocenters. The highest BCUT2D eigenvalue weighted by molar-refractivity contribution is 4.92. The molecule has 0 spiro atoms. The van der Waals surface area contributed by atoms with E-state index in [-0.39, 0.29) is 0 Å². The van der Waals surface area contributed by atoms with E-state index in [2.05, 4.69) is 56.9 Å². The van der Waals surface area contributed by atoms with Gasteiger partial charge in [0.05, 0.1) is 0 Å². The average molecular weight is 298 g/mol. The van der Waals surface area contributed by atoms with Gasteiger partial charge in [-0.25, -0.2) is 0 Å². The van der Waals surface area contributed by atoms with Gasteiger partial charge in [0.25, 0.3) is 0 Å². The summed E-state index contributed by atoms with van der Waals surface area (Å²) in [4.78, 5) is 5.08. The van der Waals surface area contributed by atoms with Gasteiger partial charge in [-0.05, 0) is 65.7 Å². The maximum absolute atomic E-state index is 3.83. The van der Waals surface area contributed by atoms with Gasteiger partial charge in [0, 0.05) is 24.7 Å². The molecule has 3 nitrogen and oxygen atoms in total. The lowest BCUT2D eigenvalue weighted by atomic mass is 9.79. The van der Waals surface area contributed by atoms with Crippen LogP contribution in [0.1, 0.15) is 59.8 Å². The second kappa shape index (κ2) is 9.81. The molecule has 0 radical (unpaired) electrons. The smallest absolute Gasteiger partial charge is 0.0255 e. The topological polar surface area (TPSA) is 18.5 Å². The minimum absolute atomic E-state index is 0.636. The van der Waals surface area contributed by atoms with Crippen LogP contribution in [0.4, 0.5) is 0 Å². The molecule has 1 rings (SSSR count). The highest BCUT2D eigenvalue weighted by atomic mass is 15.2. The molecule has 1 N–H and O–H groups in total. The van der Waals surface area contributed by atoms with E-state index in [1.807, 2.05) is 0 Å². The fraction of sp³-hybridized carbons (Fsp3) is 1.00. The lowest BCUT2D eigenvalue weighted by Crippen LogP contribution is -2.57. The monoisotopic (exact) mass is 297 g/mol. The second-order valence-corrected chi connectivity index (χ2v) is 7.16. The van der Waals surface area contributed by atoms with Crippen LogP contribution in [0.3, 0.4) is 0 Å². The van der Waals surface area contributed by atoms with E-state index < -0.39 is 0 Å². The zero-order valence-corrected chi connectivity index (χ0v) is 15.4. The summed E-state index contributed by atoms with van der Waals surface area (Å²) in [5, 5.41) is 3.83. The quantitative estimate of drug-likeness (QED) is 0.705. The highest BCUT2D eigenvalue weighted by Crippen LogP contribution is 2.31. The Morgan fingerprint density at radius 3 is 2.38 bits per heavy atom. The molecular formula is C18H39N3. The Morgan fingerprint density at radius 1 is 1.14 bits per heavy atom. The van der Waals surface area contributed by atoms with Gasteiger partial charge in [0.1, 0.15) is 0 Å². The lowest BCUT2D eigenvalue weighted by Gasteiger charge is -2.45. The van der Waals surface area contributed by atoms with Gasteiger partial charge in [-0.3, -0.25) is 4.90 Å². The van der Waals surface area contributed by atoms with Crippen molar-refractivity contribution < 1.29 is 0 Å². The van der Waals surface area contributed by atoms with Crippen LogP contribution in [0.2, 0.25) is 0 Å². The molecule has 0 amide bonds. The Kier molecular flexibility index (Phi) is 8.84. The molecule has 0 heterocycles. The average Bonchev–Trinajstić information content (AvgIpc) is 2.45. The summed E-state index contributed by atoms with van der Waals surface area (Å²) >= 11 is 0.